The fraction of sp³-hybridized carbons (Fsp3) is 0.455. The van der Waals surface area contributed by atoms with Crippen molar-refractivity contribution in [2.45, 2.75) is 18.8 Å². The molecule has 0 aromatic heterocycles. The standard InChI is InChI=1S/C11H15N2/c12-11-4-2-1-3-10(11)9-5-7-13-8-6-9/h2-4,9,13H,5-8,12H2. The van der Waals surface area contributed by atoms with E-state index in [-0.39, 0.29) is 0 Å². The zero-order valence-corrected chi connectivity index (χ0v) is 7.72. The van der Waals surface area contributed by atoms with Gasteiger partial charge >= 0.3 is 0 Å². The monoisotopic (exact) mass is 175 g/mol. The maximum absolute atomic E-state index is 5.91. The lowest BCUT2D eigenvalue weighted by Gasteiger charge is -2.23. The molecule has 1 saturated heterocycles. The molecule has 1 radical (unpaired) electrons. The lowest BCUT2D eigenvalue weighted by molar-refractivity contribution is 0.461. The molecule has 1 aromatic rings. The molecule has 3 N–H and O–H groups in total. The van der Waals surface area contributed by atoms with Crippen LogP contribution in [0.5, 0.6) is 0 Å². The van der Waals surface area contributed by atoms with Gasteiger partial charge in [-0.1, -0.05) is 6.07 Å². The molecule has 1 aliphatic heterocycles. The molecular weight excluding hydrogens is 160 g/mol. The van der Waals surface area contributed by atoms with E-state index in [1.165, 1.54) is 18.4 Å². The topological polar surface area (TPSA) is 38.0 Å². The highest BCUT2D eigenvalue weighted by Gasteiger charge is 2.16. The summed E-state index contributed by atoms with van der Waals surface area (Å²) in [7, 11) is 0. The molecule has 1 aliphatic rings. The fourth-order valence-electron chi connectivity index (χ4n) is 1.94. The highest BCUT2D eigenvalue weighted by molar-refractivity contribution is 5.48. The second kappa shape index (κ2) is 3.79. The molecule has 69 valence electrons. The predicted molar refractivity (Wildman–Crippen MR) is 54.5 cm³/mol. The predicted octanol–water partition coefficient (Wildman–Crippen LogP) is 1.54. The Bertz CT molecular complexity index is 277. The van der Waals surface area contributed by atoms with Gasteiger partial charge in [0.2, 0.25) is 0 Å². The van der Waals surface area contributed by atoms with E-state index >= 15 is 0 Å². The van der Waals surface area contributed by atoms with E-state index in [1.54, 1.807) is 0 Å². The second-order valence-corrected chi connectivity index (χ2v) is 3.58. The number of nitrogens with two attached hydrogens (primary N) is 1. The van der Waals surface area contributed by atoms with Crippen LogP contribution in [-0.4, -0.2) is 13.1 Å². The number of benzene rings is 1. The van der Waals surface area contributed by atoms with Gasteiger partial charge in [-0.25, -0.2) is 0 Å². The molecule has 0 aliphatic carbocycles. The Morgan fingerprint density at radius 2 is 2.15 bits per heavy atom. The van der Waals surface area contributed by atoms with Gasteiger partial charge in [0, 0.05) is 5.69 Å². The third-order valence-corrected chi connectivity index (χ3v) is 2.71. The zero-order valence-electron chi connectivity index (χ0n) is 7.72. The number of nitrogens with one attached hydrogen (secondary N) is 1. The SMILES string of the molecule is Nc1cc[c]cc1C1CCNCC1. The summed E-state index contributed by atoms with van der Waals surface area (Å²) < 4.78 is 0. The summed E-state index contributed by atoms with van der Waals surface area (Å²) in [5, 5.41) is 3.35. The van der Waals surface area contributed by atoms with Crippen molar-refractivity contribution in [1.82, 2.24) is 5.32 Å². The molecular formula is C11H15N2. The van der Waals surface area contributed by atoms with Gasteiger partial charge in [0.05, 0.1) is 0 Å². The molecule has 0 amide bonds. The van der Waals surface area contributed by atoms with Gasteiger partial charge in [-0.3, -0.25) is 0 Å². The highest BCUT2D eigenvalue weighted by Crippen LogP contribution is 2.28. The number of hydrogen-bond acceptors (Lipinski definition) is 2. The largest absolute Gasteiger partial charge is 0.398 e. The smallest absolute Gasteiger partial charge is 0.0349 e. The Labute approximate surface area is 79.1 Å². The summed E-state index contributed by atoms with van der Waals surface area (Å²) in [5.74, 6) is 0.638. The van der Waals surface area contributed by atoms with Crippen LogP contribution in [0.15, 0.2) is 18.2 Å². The zero-order chi connectivity index (χ0) is 9.10. The Balaban J connectivity index is 2.18. The maximum atomic E-state index is 5.91. The summed E-state index contributed by atoms with van der Waals surface area (Å²) in [4.78, 5) is 0. The average molecular weight is 175 g/mol. The van der Waals surface area contributed by atoms with Crippen LogP contribution in [0.2, 0.25) is 0 Å². The Morgan fingerprint density at radius 3 is 2.85 bits per heavy atom. The van der Waals surface area contributed by atoms with E-state index < -0.39 is 0 Å². The van der Waals surface area contributed by atoms with Crippen LogP contribution in [0.25, 0.3) is 0 Å². The van der Waals surface area contributed by atoms with Crippen molar-refractivity contribution in [2.24, 2.45) is 0 Å². The number of rotatable bonds is 1. The van der Waals surface area contributed by atoms with Gasteiger partial charge in [-0.2, -0.15) is 0 Å². The first-order valence-electron chi connectivity index (χ1n) is 4.84. The Hall–Kier alpha value is -1.02. The van der Waals surface area contributed by atoms with Crippen LogP contribution in [-0.2, 0) is 0 Å². The first-order valence-corrected chi connectivity index (χ1v) is 4.84. The molecule has 0 saturated carbocycles. The van der Waals surface area contributed by atoms with E-state index in [0.717, 1.165) is 18.8 Å². The van der Waals surface area contributed by atoms with Crippen molar-refractivity contribution < 1.29 is 0 Å². The number of nitrogen functional groups attached to an aromatic ring is 1. The molecule has 1 fully saturated rings. The summed E-state index contributed by atoms with van der Waals surface area (Å²) >= 11 is 0. The van der Waals surface area contributed by atoms with Gasteiger partial charge < -0.3 is 11.1 Å². The van der Waals surface area contributed by atoms with E-state index in [4.69, 9.17) is 5.73 Å². The van der Waals surface area contributed by atoms with Crippen LogP contribution in [0.1, 0.15) is 24.3 Å². The molecule has 2 nitrogen and oxygen atoms in total. The molecule has 0 bridgehead atoms. The Morgan fingerprint density at radius 1 is 1.38 bits per heavy atom. The van der Waals surface area contributed by atoms with Gasteiger partial charge in [0.15, 0.2) is 0 Å². The minimum atomic E-state index is 0.638. The highest BCUT2D eigenvalue weighted by atomic mass is 14.9. The molecule has 1 heterocycles. The number of hydrogen-bond donors (Lipinski definition) is 2. The normalized spacial score (nSPS) is 18.8. The molecule has 2 heteroatoms. The molecule has 1 aromatic carbocycles. The van der Waals surface area contributed by atoms with E-state index in [2.05, 4.69) is 11.4 Å². The minimum absolute atomic E-state index is 0.638. The quantitative estimate of drug-likeness (QED) is 0.635. The van der Waals surface area contributed by atoms with Crippen molar-refractivity contribution in [3.63, 3.8) is 0 Å². The molecule has 13 heavy (non-hydrogen) atoms. The summed E-state index contributed by atoms with van der Waals surface area (Å²) in [6, 6.07) is 8.95. The third-order valence-electron chi connectivity index (χ3n) is 2.71. The fourth-order valence-corrected chi connectivity index (χ4v) is 1.94. The van der Waals surface area contributed by atoms with Crippen molar-refractivity contribution >= 4 is 5.69 Å². The van der Waals surface area contributed by atoms with Crippen molar-refractivity contribution in [3.8, 4) is 0 Å². The summed E-state index contributed by atoms with van der Waals surface area (Å²) in [6.07, 6.45) is 2.39. The van der Waals surface area contributed by atoms with Crippen molar-refractivity contribution in [2.75, 3.05) is 18.8 Å². The van der Waals surface area contributed by atoms with E-state index in [1.807, 2.05) is 18.2 Å². The van der Waals surface area contributed by atoms with E-state index in [0.29, 0.717) is 5.92 Å². The minimum Gasteiger partial charge on any atom is -0.398 e. The number of anilines is 1. The van der Waals surface area contributed by atoms with Crippen LogP contribution >= 0.6 is 0 Å². The molecule has 0 spiro atoms. The van der Waals surface area contributed by atoms with Gasteiger partial charge in [0.25, 0.3) is 0 Å². The third kappa shape index (κ3) is 1.83. The van der Waals surface area contributed by atoms with Crippen LogP contribution in [0.4, 0.5) is 5.69 Å². The van der Waals surface area contributed by atoms with Crippen LogP contribution in [0.3, 0.4) is 0 Å². The maximum Gasteiger partial charge on any atom is 0.0349 e. The van der Waals surface area contributed by atoms with Crippen molar-refractivity contribution in [3.05, 3.63) is 29.8 Å². The van der Waals surface area contributed by atoms with E-state index in [9.17, 15) is 0 Å². The lowest BCUT2D eigenvalue weighted by atomic mass is 9.89. The second-order valence-electron chi connectivity index (χ2n) is 3.58. The van der Waals surface area contributed by atoms with Crippen molar-refractivity contribution in [1.29, 1.82) is 0 Å². The van der Waals surface area contributed by atoms with Crippen LogP contribution < -0.4 is 11.1 Å². The number of piperidine rings is 1. The van der Waals surface area contributed by atoms with Gasteiger partial charge in [-0.15, -0.1) is 0 Å². The molecule has 0 atom stereocenters. The summed E-state index contributed by atoms with van der Waals surface area (Å²) in [5.41, 5.74) is 8.11. The van der Waals surface area contributed by atoms with Gasteiger partial charge in [-0.05, 0) is 55.6 Å². The van der Waals surface area contributed by atoms with Gasteiger partial charge in [0.1, 0.15) is 0 Å². The first-order chi connectivity index (χ1) is 6.38. The Kier molecular flexibility index (Phi) is 2.50. The first kappa shape index (κ1) is 8.57. The van der Waals surface area contributed by atoms with Crippen LogP contribution in [0, 0.1) is 6.07 Å². The molecule has 0 unspecified atom stereocenters. The lowest BCUT2D eigenvalue weighted by Crippen LogP contribution is -2.26. The average Bonchev–Trinajstić information content (AvgIpc) is 2.20. The summed E-state index contributed by atoms with van der Waals surface area (Å²) in [6.45, 7) is 2.22. The molecule has 2 rings (SSSR count).